The Kier molecular flexibility index (Phi) is 3.42. The monoisotopic (exact) mass is 333 g/mol. The lowest BCUT2D eigenvalue weighted by Gasteiger charge is -2.28. The molecular formula is C20H15NO4. The lowest BCUT2D eigenvalue weighted by molar-refractivity contribution is -0.131. The molecule has 1 atom stereocenters. The van der Waals surface area contributed by atoms with Crippen LogP contribution in [0.1, 0.15) is 23.6 Å². The zero-order valence-corrected chi connectivity index (χ0v) is 13.5. The van der Waals surface area contributed by atoms with E-state index in [0.717, 1.165) is 16.7 Å². The number of amides is 1. The number of anilines is 1. The first kappa shape index (κ1) is 15.2. The summed E-state index contributed by atoms with van der Waals surface area (Å²) >= 11 is 0. The van der Waals surface area contributed by atoms with E-state index in [1.807, 2.05) is 30.3 Å². The minimum atomic E-state index is -1.00. The smallest absolute Gasteiger partial charge is 0.308 e. The van der Waals surface area contributed by atoms with E-state index in [1.54, 1.807) is 36.6 Å². The maximum absolute atomic E-state index is 13.0. The van der Waals surface area contributed by atoms with Crippen molar-refractivity contribution in [2.75, 3.05) is 5.32 Å². The number of hydrogen-bond donors (Lipinski definition) is 1. The molecule has 1 aliphatic heterocycles. The van der Waals surface area contributed by atoms with Gasteiger partial charge >= 0.3 is 5.97 Å². The summed E-state index contributed by atoms with van der Waals surface area (Å²) < 4.78 is 10.5. The maximum Gasteiger partial charge on any atom is 0.308 e. The van der Waals surface area contributed by atoms with E-state index in [4.69, 9.17) is 9.15 Å². The number of ether oxygens (including phenoxy) is 1. The van der Waals surface area contributed by atoms with E-state index in [-0.39, 0.29) is 11.9 Å². The molecule has 0 saturated heterocycles. The van der Waals surface area contributed by atoms with E-state index >= 15 is 0 Å². The lowest BCUT2D eigenvalue weighted by Crippen LogP contribution is -2.37. The Bertz CT molecular complexity index is 943. The van der Waals surface area contributed by atoms with Crippen molar-refractivity contribution in [3.05, 3.63) is 83.6 Å². The van der Waals surface area contributed by atoms with Crippen molar-refractivity contribution in [2.45, 2.75) is 12.3 Å². The SMILES string of the molecule is CC(=O)Oc1ccc(C2(c3ccccc3)C(=O)Nc3occc32)cc1. The predicted molar refractivity (Wildman–Crippen MR) is 91.4 cm³/mol. The molecule has 2 heterocycles. The molecule has 5 nitrogen and oxygen atoms in total. The molecule has 0 radical (unpaired) electrons. The Hall–Kier alpha value is -3.34. The maximum atomic E-state index is 13.0. The van der Waals surface area contributed by atoms with Gasteiger partial charge in [-0.05, 0) is 29.3 Å². The molecule has 5 heteroatoms. The Morgan fingerprint density at radius 3 is 2.36 bits per heavy atom. The molecule has 2 aromatic carbocycles. The molecule has 0 saturated carbocycles. The molecule has 25 heavy (non-hydrogen) atoms. The second kappa shape index (κ2) is 5.63. The number of rotatable bonds is 3. The van der Waals surface area contributed by atoms with Crippen LogP contribution in [0.3, 0.4) is 0 Å². The third kappa shape index (κ3) is 2.24. The van der Waals surface area contributed by atoms with Crippen molar-refractivity contribution in [1.82, 2.24) is 0 Å². The number of fused-ring (bicyclic) bond motifs is 1. The fourth-order valence-corrected chi connectivity index (χ4v) is 3.39. The van der Waals surface area contributed by atoms with Crippen LogP contribution in [-0.4, -0.2) is 11.9 Å². The summed E-state index contributed by atoms with van der Waals surface area (Å²) in [4.78, 5) is 24.1. The Balaban J connectivity index is 1.91. The normalized spacial score (nSPS) is 18.5. The van der Waals surface area contributed by atoms with Gasteiger partial charge in [-0.2, -0.15) is 0 Å². The average Bonchev–Trinajstić information content (AvgIpc) is 3.16. The van der Waals surface area contributed by atoms with Gasteiger partial charge in [0.25, 0.3) is 0 Å². The number of carbonyl (C=O) groups excluding carboxylic acids is 2. The molecule has 124 valence electrons. The van der Waals surface area contributed by atoms with Crippen molar-refractivity contribution >= 4 is 17.8 Å². The highest BCUT2D eigenvalue weighted by Gasteiger charge is 2.51. The van der Waals surface area contributed by atoms with Gasteiger partial charge in [0.15, 0.2) is 0 Å². The number of furan rings is 1. The molecule has 1 aliphatic rings. The molecular weight excluding hydrogens is 318 g/mol. The third-order valence-electron chi connectivity index (χ3n) is 4.39. The summed E-state index contributed by atoms with van der Waals surface area (Å²) in [6.45, 7) is 1.35. The van der Waals surface area contributed by atoms with Gasteiger partial charge in [0.05, 0.1) is 6.26 Å². The van der Waals surface area contributed by atoms with E-state index in [0.29, 0.717) is 11.6 Å². The highest BCUT2D eigenvalue weighted by molar-refractivity contribution is 6.10. The summed E-state index contributed by atoms with van der Waals surface area (Å²) in [5, 5.41) is 2.82. The predicted octanol–water partition coefficient (Wildman–Crippen LogP) is 3.49. The topological polar surface area (TPSA) is 68.5 Å². The Labute approximate surface area is 144 Å². The van der Waals surface area contributed by atoms with E-state index in [9.17, 15) is 9.59 Å². The van der Waals surface area contributed by atoms with Crippen LogP contribution in [0.4, 0.5) is 5.88 Å². The van der Waals surface area contributed by atoms with Crippen molar-refractivity contribution in [3.8, 4) is 5.75 Å². The van der Waals surface area contributed by atoms with Gasteiger partial charge in [-0.1, -0.05) is 42.5 Å². The van der Waals surface area contributed by atoms with Crippen LogP contribution in [0.5, 0.6) is 5.75 Å². The lowest BCUT2D eigenvalue weighted by atomic mass is 9.71. The molecule has 0 fully saturated rings. The van der Waals surface area contributed by atoms with Gasteiger partial charge in [0.2, 0.25) is 11.8 Å². The van der Waals surface area contributed by atoms with Crippen LogP contribution in [0.2, 0.25) is 0 Å². The molecule has 0 aliphatic carbocycles. The first-order valence-corrected chi connectivity index (χ1v) is 7.86. The van der Waals surface area contributed by atoms with E-state index in [1.165, 1.54) is 6.92 Å². The number of hydrogen-bond acceptors (Lipinski definition) is 4. The molecule has 1 N–H and O–H groups in total. The molecule has 1 unspecified atom stereocenters. The van der Waals surface area contributed by atoms with E-state index in [2.05, 4.69) is 5.32 Å². The largest absolute Gasteiger partial charge is 0.448 e. The first-order valence-electron chi connectivity index (χ1n) is 7.86. The number of carbonyl (C=O) groups is 2. The van der Waals surface area contributed by atoms with Gasteiger partial charge in [0, 0.05) is 12.5 Å². The van der Waals surface area contributed by atoms with Crippen LogP contribution >= 0.6 is 0 Å². The number of nitrogens with one attached hydrogen (secondary N) is 1. The van der Waals surface area contributed by atoms with Crippen LogP contribution in [0, 0.1) is 0 Å². The number of esters is 1. The molecule has 1 aromatic heterocycles. The highest BCUT2D eigenvalue weighted by Crippen LogP contribution is 2.48. The zero-order valence-electron chi connectivity index (χ0n) is 13.5. The minimum Gasteiger partial charge on any atom is -0.448 e. The summed E-state index contributed by atoms with van der Waals surface area (Å²) in [6.07, 6.45) is 1.56. The van der Waals surface area contributed by atoms with Gasteiger partial charge in [-0.25, -0.2) is 0 Å². The standard InChI is InChI=1S/C20H15NO4/c1-13(22)25-16-9-7-15(8-10-16)20(14-5-3-2-4-6-14)17-11-12-24-18(17)21-19(20)23/h2-12H,1H3,(H,21,23). The highest BCUT2D eigenvalue weighted by atomic mass is 16.5. The van der Waals surface area contributed by atoms with Crippen molar-refractivity contribution in [2.24, 2.45) is 0 Å². The van der Waals surface area contributed by atoms with Crippen LogP contribution < -0.4 is 10.1 Å². The quantitative estimate of drug-likeness (QED) is 0.588. The molecule has 0 spiro atoms. The average molecular weight is 333 g/mol. The van der Waals surface area contributed by atoms with Crippen molar-refractivity contribution in [3.63, 3.8) is 0 Å². The van der Waals surface area contributed by atoms with Gasteiger partial charge in [-0.15, -0.1) is 0 Å². The molecule has 4 rings (SSSR count). The van der Waals surface area contributed by atoms with Crippen LogP contribution in [-0.2, 0) is 15.0 Å². The van der Waals surface area contributed by atoms with Gasteiger partial charge in [-0.3, -0.25) is 14.9 Å². The third-order valence-corrected chi connectivity index (χ3v) is 4.39. The van der Waals surface area contributed by atoms with E-state index < -0.39 is 5.41 Å². The zero-order chi connectivity index (χ0) is 17.4. The molecule has 3 aromatic rings. The summed E-state index contributed by atoms with van der Waals surface area (Å²) in [6, 6.07) is 18.3. The molecule has 1 amide bonds. The molecule has 0 bridgehead atoms. The van der Waals surface area contributed by atoms with Crippen LogP contribution in [0.15, 0.2) is 71.3 Å². The Morgan fingerprint density at radius 1 is 1.00 bits per heavy atom. The minimum absolute atomic E-state index is 0.173. The fraction of sp³-hybridized carbons (Fsp3) is 0.100. The second-order valence-electron chi connectivity index (χ2n) is 5.85. The fourth-order valence-electron chi connectivity index (χ4n) is 3.39. The van der Waals surface area contributed by atoms with Gasteiger partial charge in [0.1, 0.15) is 11.2 Å². The van der Waals surface area contributed by atoms with Crippen LogP contribution in [0.25, 0.3) is 0 Å². The van der Waals surface area contributed by atoms with Crippen molar-refractivity contribution < 1.29 is 18.7 Å². The summed E-state index contributed by atoms with van der Waals surface area (Å²) in [7, 11) is 0. The number of benzene rings is 2. The summed E-state index contributed by atoms with van der Waals surface area (Å²) in [5.41, 5.74) is 1.38. The summed E-state index contributed by atoms with van der Waals surface area (Å²) in [5.74, 6) is 0.331. The second-order valence-corrected chi connectivity index (χ2v) is 5.85. The first-order chi connectivity index (χ1) is 12.1. The van der Waals surface area contributed by atoms with Gasteiger partial charge < -0.3 is 9.15 Å². The Morgan fingerprint density at radius 2 is 1.68 bits per heavy atom. The van der Waals surface area contributed by atoms with Crippen molar-refractivity contribution in [1.29, 1.82) is 0 Å².